The molecule has 1 aliphatic rings. The second-order valence-corrected chi connectivity index (χ2v) is 17.8. The van der Waals surface area contributed by atoms with Gasteiger partial charge in [0.2, 0.25) is 5.96 Å². The molecule has 0 saturated heterocycles. The summed E-state index contributed by atoms with van der Waals surface area (Å²) in [5, 5.41) is 10.9. The lowest BCUT2D eigenvalue weighted by molar-refractivity contribution is 0.661. The molecule has 0 spiro atoms. The van der Waals surface area contributed by atoms with Crippen LogP contribution in [0.5, 0.6) is 0 Å². The van der Waals surface area contributed by atoms with E-state index in [1.165, 1.54) is 27.2 Å². The van der Waals surface area contributed by atoms with Crippen LogP contribution in [0.2, 0.25) is 0 Å². The predicted molar refractivity (Wildman–Crippen MR) is 287 cm³/mol. The minimum absolute atomic E-state index is 0.393. The number of hydrogen-bond donors (Lipinski definition) is 1. The van der Waals surface area contributed by atoms with E-state index < -0.39 is 6.17 Å². The molecular formula is C63H42N6. The first-order valence-corrected chi connectivity index (χ1v) is 23.5. The maximum Gasteiger partial charge on any atom is 0.212 e. The number of fused-ring (bicyclic) bond motifs is 10. The number of para-hydroxylation sites is 4. The quantitative estimate of drug-likeness (QED) is 0.178. The fraction of sp³-hybridized carbons (Fsp3) is 0.0159. The summed E-state index contributed by atoms with van der Waals surface area (Å²) in [6.07, 6.45) is -0.393. The molecule has 6 heteroatoms. The van der Waals surface area contributed by atoms with Crippen molar-refractivity contribution < 1.29 is 0 Å². The van der Waals surface area contributed by atoms with Gasteiger partial charge in [-0.2, -0.15) is 4.99 Å². The van der Waals surface area contributed by atoms with Crippen molar-refractivity contribution in [3.8, 4) is 33.6 Å². The molecule has 0 fully saturated rings. The first-order chi connectivity index (χ1) is 34.2. The van der Waals surface area contributed by atoms with Gasteiger partial charge in [0.15, 0.2) is 5.84 Å². The van der Waals surface area contributed by atoms with Crippen LogP contribution in [0.15, 0.2) is 253 Å². The first-order valence-electron chi connectivity index (χ1n) is 23.5. The summed E-state index contributed by atoms with van der Waals surface area (Å²) in [6.45, 7) is 0. The molecule has 1 aliphatic heterocycles. The van der Waals surface area contributed by atoms with Gasteiger partial charge in [0.1, 0.15) is 6.17 Å². The highest BCUT2D eigenvalue weighted by molar-refractivity contribution is 6.27. The summed E-state index contributed by atoms with van der Waals surface area (Å²) in [7, 11) is 0. The van der Waals surface area contributed by atoms with Crippen molar-refractivity contribution in [2.24, 2.45) is 9.98 Å². The van der Waals surface area contributed by atoms with Crippen LogP contribution in [0, 0.1) is 0 Å². The van der Waals surface area contributed by atoms with Gasteiger partial charge in [-0.05, 0) is 64.7 Å². The molecule has 0 radical (unpaired) electrons. The third-order valence-electron chi connectivity index (χ3n) is 13.9. The fourth-order valence-corrected chi connectivity index (χ4v) is 10.8. The first kappa shape index (κ1) is 39.0. The summed E-state index contributed by atoms with van der Waals surface area (Å²) in [5.74, 6) is 1.38. The normalized spacial score (nSPS) is 13.9. The summed E-state index contributed by atoms with van der Waals surface area (Å²) < 4.78 is 7.29. The van der Waals surface area contributed by atoms with Crippen molar-refractivity contribution in [3.63, 3.8) is 0 Å². The van der Waals surface area contributed by atoms with Gasteiger partial charge in [0, 0.05) is 49.1 Å². The van der Waals surface area contributed by atoms with Crippen LogP contribution >= 0.6 is 0 Å². The van der Waals surface area contributed by atoms with Gasteiger partial charge in [0.25, 0.3) is 0 Å². The minimum atomic E-state index is -0.393. The van der Waals surface area contributed by atoms with Crippen LogP contribution in [0.4, 0.5) is 0 Å². The Morgan fingerprint density at radius 3 is 1.46 bits per heavy atom. The number of rotatable bonds is 6. The van der Waals surface area contributed by atoms with Gasteiger partial charge in [-0.3, -0.25) is 4.57 Å². The van der Waals surface area contributed by atoms with E-state index in [2.05, 4.69) is 262 Å². The molecule has 1 N–H and O–H groups in total. The van der Waals surface area contributed by atoms with Crippen LogP contribution in [0.3, 0.4) is 0 Å². The van der Waals surface area contributed by atoms with Crippen LogP contribution in [0.1, 0.15) is 17.3 Å². The number of aromatic nitrogens is 3. The zero-order chi connectivity index (χ0) is 45.4. The Labute approximate surface area is 398 Å². The monoisotopic (exact) mass is 882 g/mol. The van der Waals surface area contributed by atoms with Crippen LogP contribution in [-0.2, 0) is 0 Å². The van der Waals surface area contributed by atoms with E-state index in [1.807, 2.05) is 0 Å². The summed E-state index contributed by atoms with van der Waals surface area (Å²) >= 11 is 0. The van der Waals surface area contributed by atoms with Crippen molar-refractivity contribution >= 4 is 77.2 Å². The largest absolute Gasteiger partial charge is 0.330 e. The number of amidine groups is 1. The van der Waals surface area contributed by atoms with Gasteiger partial charge in [-0.25, -0.2) is 4.99 Å². The second kappa shape index (κ2) is 15.7. The predicted octanol–water partition coefficient (Wildman–Crippen LogP) is 15.3. The average molecular weight is 883 g/mol. The number of nitrogens with zero attached hydrogens (tertiary/aromatic N) is 5. The molecule has 0 saturated carbocycles. The van der Waals surface area contributed by atoms with E-state index in [1.54, 1.807) is 0 Å². The molecular weight excluding hydrogens is 841 g/mol. The maximum absolute atomic E-state index is 5.52. The standard InChI is InChI=1S/C63H42N6/c1-5-19-41(20-6-1)42-33-35-45(36-34-42)62-64-61(44-23-9-3-10-24-44)65-63(66-62)69-56-32-18-14-28-48(56)51-38-37-50-47-27-13-17-31-55(47)68(59(50)60(51)69)57-40-58-53(39-52(57)43-21-7-2-8-22-43)49-29-15-16-30-54(49)67(58)46-25-11-4-12-26-46/h1-40,61H,(H,64,65,66). The van der Waals surface area contributed by atoms with Gasteiger partial charge in [-0.1, -0.05) is 200 Å². The van der Waals surface area contributed by atoms with Crippen molar-refractivity contribution in [1.82, 2.24) is 19.0 Å². The van der Waals surface area contributed by atoms with E-state index in [4.69, 9.17) is 9.98 Å². The Hall–Kier alpha value is -9.26. The lowest BCUT2D eigenvalue weighted by atomic mass is 10.00. The second-order valence-electron chi connectivity index (χ2n) is 17.8. The Bertz CT molecular complexity index is 4180. The average Bonchev–Trinajstić information content (AvgIpc) is 4.07. The molecule has 1 atom stereocenters. The molecule has 4 heterocycles. The zero-order valence-electron chi connectivity index (χ0n) is 37.4. The Morgan fingerprint density at radius 2 is 0.826 bits per heavy atom. The van der Waals surface area contributed by atoms with Gasteiger partial charge >= 0.3 is 0 Å². The molecule has 0 amide bonds. The van der Waals surface area contributed by atoms with Crippen molar-refractivity contribution in [1.29, 1.82) is 0 Å². The Balaban J connectivity index is 1.09. The van der Waals surface area contributed by atoms with Gasteiger partial charge < -0.3 is 14.5 Å². The number of aliphatic imine (C=N–C) groups is 2. The molecule has 14 rings (SSSR count). The fourth-order valence-electron chi connectivity index (χ4n) is 10.8. The van der Waals surface area contributed by atoms with Crippen molar-refractivity contribution in [3.05, 3.63) is 254 Å². The highest BCUT2D eigenvalue weighted by Gasteiger charge is 2.28. The molecule has 10 aromatic carbocycles. The van der Waals surface area contributed by atoms with E-state index in [0.29, 0.717) is 11.8 Å². The molecule has 0 aliphatic carbocycles. The van der Waals surface area contributed by atoms with Crippen LogP contribution in [0.25, 0.3) is 99.0 Å². The van der Waals surface area contributed by atoms with Crippen molar-refractivity contribution in [2.75, 3.05) is 0 Å². The lowest BCUT2D eigenvalue weighted by Crippen LogP contribution is -2.37. The third kappa shape index (κ3) is 6.19. The summed E-state index contributed by atoms with van der Waals surface area (Å²) in [4.78, 5) is 10.8. The van der Waals surface area contributed by atoms with Crippen LogP contribution < -0.4 is 5.32 Å². The molecule has 13 aromatic rings. The molecule has 6 nitrogen and oxygen atoms in total. The van der Waals surface area contributed by atoms with E-state index in [9.17, 15) is 0 Å². The smallest absolute Gasteiger partial charge is 0.212 e. The number of hydrogen-bond acceptors (Lipinski definition) is 3. The lowest BCUT2D eigenvalue weighted by Gasteiger charge is -2.25. The number of benzene rings is 10. The van der Waals surface area contributed by atoms with E-state index >= 15 is 0 Å². The third-order valence-corrected chi connectivity index (χ3v) is 13.9. The maximum atomic E-state index is 5.52. The minimum Gasteiger partial charge on any atom is -0.330 e. The van der Waals surface area contributed by atoms with Crippen molar-refractivity contribution in [2.45, 2.75) is 6.17 Å². The Morgan fingerprint density at radius 1 is 0.348 bits per heavy atom. The SMILES string of the molecule is c1ccc(-c2ccc(C3=NC(c4ccccc4)NC(n4c5ccccc5c5ccc6c7ccccc7n(-c7cc8c(cc7-c7ccccc7)c7ccccc7n8-c7ccccc7)c6c54)=N3)cc2)cc1. The topological polar surface area (TPSA) is 51.5 Å². The van der Waals surface area contributed by atoms with Crippen LogP contribution in [-0.4, -0.2) is 25.5 Å². The van der Waals surface area contributed by atoms with Gasteiger partial charge in [0.05, 0.1) is 38.8 Å². The van der Waals surface area contributed by atoms with E-state index in [-0.39, 0.29) is 0 Å². The summed E-state index contributed by atoms with van der Waals surface area (Å²) in [6, 6.07) is 87.0. The molecule has 324 valence electrons. The Kier molecular flexibility index (Phi) is 8.86. The van der Waals surface area contributed by atoms with Gasteiger partial charge in [-0.15, -0.1) is 0 Å². The highest BCUT2D eigenvalue weighted by atomic mass is 15.3. The van der Waals surface area contributed by atoms with E-state index in [0.717, 1.165) is 82.9 Å². The molecule has 0 bridgehead atoms. The summed E-state index contributed by atoms with van der Waals surface area (Å²) in [5.41, 5.74) is 15.5. The zero-order valence-corrected chi connectivity index (χ0v) is 37.4. The molecule has 1 unspecified atom stereocenters. The highest BCUT2D eigenvalue weighted by Crippen LogP contribution is 2.45. The number of nitrogens with one attached hydrogen (secondary N) is 1. The molecule has 3 aromatic heterocycles. The molecule has 69 heavy (non-hydrogen) atoms.